The average molecular weight is 229 g/mol. The van der Waals surface area contributed by atoms with E-state index in [9.17, 15) is 9.59 Å². The minimum absolute atomic E-state index is 0.387. The molecule has 0 atom stereocenters. The highest BCUT2D eigenvalue weighted by Gasteiger charge is 2.36. The summed E-state index contributed by atoms with van der Waals surface area (Å²) in [5, 5.41) is 0. The molecular weight excluding hydrogens is 214 g/mol. The number of fused-ring (bicyclic) bond motifs is 1. The monoisotopic (exact) mass is 229 g/mol. The van der Waals surface area contributed by atoms with Crippen molar-refractivity contribution in [3.63, 3.8) is 0 Å². The third kappa shape index (κ3) is 1.78. The number of hydrogen-bond donors (Lipinski definition) is 0. The first-order valence-corrected chi connectivity index (χ1v) is 5.65. The van der Waals surface area contributed by atoms with Gasteiger partial charge in [-0.15, -0.1) is 0 Å². The third-order valence-corrected chi connectivity index (χ3v) is 2.94. The van der Waals surface area contributed by atoms with Crippen molar-refractivity contribution >= 4 is 17.4 Å². The lowest BCUT2D eigenvalue weighted by Gasteiger charge is -2.14. The number of allylic oxidation sites excluding steroid dienone is 1. The van der Waals surface area contributed by atoms with Gasteiger partial charge in [-0.2, -0.15) is 0 Å². The quantitative estimate of drug-likeness (QED) is 0.577. The van der Waals surface area contributed by atoms with Gasteiger partial charge in [-0.3, -0.25) is 9.59 Å². The number of carbonyl (C=O) groups excluding carboxylic acids is 2. The number of rotatable bonds is 2. The molecule has 0 saturated heterocycles. The molecule has 2 rings (SSSR count). The Morgan fingerprint density at radius 3 is 2.59 bits per heavy atom. The standard InChI is InChI=1S/C14H15NO2/c1-4-5-6-15-11-8-9(2)7-10(3)12(11)13(16)14(15)17/h4-5,7-8H,6H2,1-3H3. The van der Waals surface area contributed by atoms with E-state index in [2.05, 4.69) is 0 Å². The van der Waals surface area contributed by atoms with Crippen LogP contribution in [0.5, 0.6) is 0 Å². The van der Waals surface area contributed by atoms with Crippen molar-refractivity contribution in [2.75, 3.05) is 11.4 Å². The van der Waals surface area contributed by atoms with Crippen LogP contribution < -0.4 is 4.90 Å². The van der Waals surface area contributed by atoms with E-state index < -0.39 is 5.91 Å². The van der Waals surface area contributed by atoms with Crippen LogP contribution in [0, 0.1) is 13.8 Å². The van der Waals surface area contributed by atoms with Gasteiger partial charge in [-0.1, -0.05) is 18.2 Å². The summed E-state index contributed by atoms with van der Waals surface area (Å²) < 4.78 is 0. The molecule has 1 heterocycles. The van der Waals surface area contributed by atoms with Gasteiger partial charge in [-0.05, 0) is 38.0 Å². The Morgan fingerprint density at radius 1 is 1.24 bits per heavy atom. The van der Waals surface area contributed by atoms with Gasteiger partial charge in [0.1, 0.15) is 0 Å². The van der Waals surface area contributed by atoms with Crippen molar-refractivity contribution in [2.45, 2.75) is 20.8 Å². The smallest absolute Gasteiger partial charge is 0.299 e. The van der Waals surface area contributed by atoms with E-state index in [-0.39, 0.29) is 5.78 Å². The Balaban J connectivity index is 2.55. The van der Waals surface area contributed by atoms with Gasteiger partial charge in [-0.25, -0.2) is 0 Å². The molecule has 3 nitrogen and oxygen atoms in total. The Labute approximate surface area is 101 Å². The molecule has 0 aromatic heterocycles. The van der Waals surface area contributed by atoms with Crippen molar-refractivity contribution in [2.24, 2.45) is 0 Å². The van der Waals surface area contributed by atoms with Gasteiger partial charge in [0, 0.05) is 6.54 Å². The predicted octanol–water partition coefficient (Wildman–Crippen LogP) is 2.41. The summed E-state index contributed by atoms with van der Waals surface area (Å²) >= 11 is 0. The maximum Gasteiger partial charge on any atom is 0.299 e. The first kappa shape index (κ1) is 11.6. The van der Waals surface area contributed by atoms with Crippen molar-refractivity contribution in [1.82, 2.24) is 0 Å². The fraction of sp³-hybridized carbons (Fsp3) is 0.286. The van der Waals surface area contributed by atoms with Crippen LogP contribution >= 0.6 is 0 Å². The first-order chi connectivity index (χ1) is 8.06. The zero-order valence-electron chi connectivity index (χ0n) is 10.3. The van der Waals surface area contributed by atoms with Gasteiger partial charge in [0.15, 0.2) is 0 Å². The lowest BCUT2D eigenvalue weighted by atomic mass is 10.0. The lowest BCUT2D eigenvalue weighted by Crippen LogP contribution is -2.29. The van der Waals surface area contributed by atoms with Crippen LogP contribution in [0.25, 0.3) is 0 Å². The van der Waals surface area contributed by atoms with E-state index in [0.29, 0.717) is 12.1 Å². The minimum atomic E-state index is -0.424. The molecule has 0 bridgehead atoms. The molecule has 1 amide bonds. The molecule has 0 unspecified atom stereocenters. The number of aryl methyl sites for hydroxylation is 2. The number of amides is 1. The number of hydrogen-bond acceptors (Lipinski definition) is 2. The predicted molar refractivity (Wildman–Crippen MR) is 67.4 cm³/mol. The summed E-state index contributed by atoms with van der Waals surface area (Å²) in [6, 6.07) is 3.83. The molecule has 3 heteroatoms. The van der Waals surface area contributed by atoms with Crippen molar-refractivity contribution in [3.05, 3.63) is 41.0 Å². The second kappa shape index (κ2) is 4.17. The normalized spacial score (nSPS) is 14.9. The van der Waals surface area contributed by atoms with Crippen LogP contribution in [-0.2, 0) is 4.79 Å². The van der Waals surface area contributed by atoms with Crippen LogP contribution in [0.15, 0.2) is 24.3 Å². The van der Waals surface area contributed by atoms with Crippen LogP contribution in [0.3, 0.4) is 0 Å². The Bertz CT molecular complexity index is 529. The van der Waals surface area contributed by atoms with E-state index in [1.54, 1.807) is 0 Å². The number of carbonyl (C=O) groups is 2. The molecule has 1 aromatic rings. The van der Waals surface area contributed by atoms with Gasteiger partial charge in [0.2, 0.25) is 0 Å². The Hall–Kier alpha value is -1.90. The van der Waals surface area contributed by atoms with E-state index >= 15 is 0 Å². The largest absolute Gasteiger partial charge is 0.301 e. The maximum absolute atomic E-state index is 11.9. The van der Waals surface area contributed by atoms with Gasteiger partial charge in [0.05, 0.1) is 11.3 Å². The molecule has 88 valence electrons. The second-order valence-electron chi connectivity index (χ2n) is 4.29. The first-order valence-electron chi connectivity index (χ1n) is 5.65. The summed E-state index contributed by atoms with van der Waals surface area (Å²) in [5.41, 5.74) is 3.25. The third-order valence-electron chi connectivity index (χ3n) is 2.94. The zero-order chi connectivity index (χ0) is 12.6. The average Bonchev–Trinajstić information content (AvgIpc) is 2.49. The second-order valence-corrected chi connectivity index (χ2v) is 4.29. The van der Waals surface area contributed by atoms with Gasteiger partial charge >= 0.3 is 0 Å². The molecule has 0 spiro atoms. The molecule has 17 heavy (non-hydrogen) atoms. The van der Waals surface area contributed by atoms with Crippen LogP contribution in [0.4, 0.5) is 5.69 Å². The Kier molecular flexibility index (Phi) is 2.84. The summed E-state index contributed by atoms with van der Waals surface area (Å²) in [7, 11) is 0. The van der Waals surface area contributed by atoms with Gasteiger partial charge < -0.3 is 4.90 Å². The molecule has 0 radical (unpaired) electrons. The van der Waals surface area contributed by atoms with Gasteiger partial charge in [0.25, 0.3) is 11.7 Å². The molecule has 1 aliphatic rings. The number of nitrogens with zero attached hydrogens (tertiary/aromatic N) is 1. The van der Waals surface area contributed by atoms with E-state index in [4.69, 9.17) is 0 Å². The fourth-order valence-corrected chi connectivity index (χ4v) is 2.18. The summed E-state index contributed by atoms with van der Waals surface area (Å²) in [4.78, 5) is 25.3. The van der Waals surface area contributed by atoms with E-state index in [1.807, 2.05) is 45.1 Å². The summed E-state index contributed by atoms with van der Waals surface area (Å²) in [6.07, 6.45) is 3.75. The van der Waals surface area contributed by atoms with Crippen molar-refractivity contribution in [1.29, 1.82) is 0 Å². The topological polar surface area (TPSA) is 37.4 Å². The van der Waals surface area contributed by atoms with Crippen LogP contribution in [0.2, 0.25) is 0 Å². The highest BCUT2D eigenvalue weighted by molar-refractivity contribution is 6.52. The molecule has 0 fully saturated rings. The lowest BCUT2D eigenvalue weighted by molar-refractivity contribution is -0.114. The summed E-state index contributed by atoms with van der Waals surface area (Å²) in [5.74, 6) is -0.811. The minimum Gasteiger partial charge on any atom is -0.301 e. The molecule has 0 N–H and O–H groups in total. The molecule has 1 aromatic carbocycles. The van der Waals surface area contributed by atoms with E-state index in [1.165, 1.54) is 4.90 Å². The zero-order valence-corrected chi connectivity index (χ0v) is 10.3. The van der Waals surface area contributed by atoms with Crippen LogP contribution in [-0.4, -0.2) is 18.2 Å². The SMILES string of the molecule is CC=CCN1C(=O)C(=O)c2c(C)cc(C)cc21. The fourth-order valence-electron chi connectivity index (χ4n) is 2.18. The highest BCUT2D eigenvalue weighted by Crippen LogP contribution is 2.32. The van der Waals surface area contributed by atoms with Crippen LogP contribution in [0.1, 0.15) is 28.4 Å². The summed E-state index contributed by atoms with van der Waals surface area (Å²) in [6.45, 7) is 6.19. The number of Topliss-reactive ketones (excluding diaryl/α,β-unsaturated/α-hetero) is 1. The highest BCUT2D eigenvalue weighted by atomic mass is 16.2. The van der Waals surface area contributed by atoms with Crippen molar-refractivity contribution in [3.8, 4) is 0 Å². The molecular formula is C14H15NO2. The number of anilines is 1. The van der Waals surface area contributed by atoms with Crippen molar-refractivity contribution < 1.29 is 9.59 Å². The number of ketones is 1. The van der Waals surface area contributed by atoms with E-state index in [0.717, 1.165) is 16.8 Å². The number of benzene rings is 1. The molecule has 0 saturated carbocycles. The molecule has 0 aliphatic carbocycles. The maximum atomic E-state index is 11.9. The Morgan fingerprint density at radius 2 is 1.94 bits per heavy atom. The molecule has 1 aliphatic heterocycles.